The summed E-state index contributed by atoms with van der Waals surface area (Å²) in [7, 11) is 2.05. The van der Waals surface area contributed by atoms with Crippen LogP contribution in [0, 0.1) is 5.92 Å². The number of hydrogen-bond donors (Lipinski definition) is 2. The molecule has 1 aliphatic heterocycles. The van der Waals surface area contributed by atoms with Gasteiger partial charge in [0.1, 0.15) is 0 Å². The van der Waals surface area contributed by atoms with Gasteiger partial charge in [0.05, 0.1) is 5.92 Å². The van der Waals surface area contributed by atoms with Crippen LogP contribution < -0.4 is 10.6 Å². The van der Waals surface area contributed by atoms with Crippen molar-refractivity contribution in [3.8, 4) is 0 Å². The van der Waals surface area contributed by atoms with E-state index in [-0.39, 0.29) is 23.1 Å². The van der Waals surface area contributed by atoms with Gasteiger partial charge in [0.15, 0.2) is 0 Å². The highest BCUT2D eigenvalue weighted by Gasteiger charge is 2.24. The van der Waals surface area contributed by atoms with E-state index in [0.717, 1.165) is 25.9 Å². The molecule has 0 unspecified atom stereocenters. The maximum absolute atomic E-state index is 12.6. The van der Waals surface area contributed by atoms with Crippen LogP contribution in [-0.2, 0) is 10.2 Å². The molecular weight excluding hydrogens is 362 g/mol. The van der Waals surface area contributed by atoms with E-state index < -0.39 is 0 Å². The van der Waals surface area contributed by atoms with Crippen molar-refractivity contribution in [2.45, 2.75) is 39.0 Å². The molecule has 1 atom stereocenters. The van der Waals surface area contributed by atoms with E-state index in [9.17, 15) is 9.59 Å². The van der Waals surface area contributed by atoms with Gasteiger partial charge in [-0.3, -0.25) is 9.59 Å². The monoisotopic (exact) mass is 393 g/mol. The number of piperidine rings is 1. The minimum Gasteiger partial charge on any atom is -0.326 e. The third-order valence-corrected chi connectivity index (χ3v) is 5.40. The molecule has 1 fully saturated rings. The lowest BCUT2D eigenvalue weighted by molar-refractivity contribution is -0.121. The molecule has 0 radical (unpaired) electrons. The molecule has 5 heteroatoms. The lowest BCUT2D eigenvalue weighted by atomic mass is 9.87. The van der Waals surface area contributed by atoms with Crippen molar-refractivity contribution in [3.05, 3.63) is 59.7 Å². The smallest absolute Gasteiger partial charge is 0.255 e. The molecule has 2 amide bonds. The topological polar surface area (TPSA) is 61.4 Å². The van der Waals surface area contributed by atoms with Gasteiger partial charge in [-0.05, 0) is 67.7 Å². The van der Waals surface area contributed by atoms with E-state index in [1.165, 1.54) is 5.56 Å². The van der Waals surface area contributed by atoms with E-state index >= 15 is 0 Å². The normalized spacial score (nSPS) is 17.6. The van der Waals surface area contributed by atoms with E-state index in [1.807, 2.05) is 49.5 Å². The minimum atomic E-state index is -0.164. The summed E-state index contributed by atoms with van der Waals surface area (Å²) in [6, 6.07) is 15.0. The van der Waals surface area contributed by atoms with E-state index in [2.05, 4.69) is 36.3 Å². The van der Waals surface area contributed by atoms with Crippen molar-refractivity contribution in [1.29, 1.82) is 0 Å². The Kier molecular flexibility index (Phi) is 6.38. The Bertz CT molecular complexity index is 868. The molecule has 1 saturated heterocycles. The Balaban J connectivity index is 1.63. The second-order valence-electron chi connectivity index (χ2n) is 8.95. The van der Waals surface area contributed by atoms with Crippen molar-refractivity contribution < 1.29 is 9.59 Å². The zero-order valence-corrected chi connectivity index (χ0v) is 17.8. The number of carbonyl (C=O) groups is 2. The molecule has 0 saturated carbocycles. The van der Waals surface area contributed by atoms with Gasteiger partial charge < -0.3 is 15.5 Å². The van der Waals surface area contributed by atoms with Gasteiger partial charge in [-0.1, -0.05) is 39.0 Å². The third kappa shape index (κ3) is 5.67. The molecule has 154 valence electrons. The molecule has 2 N–H and O–H groups in total. The number of benzene rings is 2. The summed E-state index contributed by atoms with van der Waals surface area (Å²) in [5.74, 6) is -0.117. The molecule has 0 bridgehead atoms. The Labute approximate surface area is 173 Å². The Morgan fingerprint density at radius 1 is 1.00 bits per heavy atom. The van der Waals surface area contributed by atoms with Crippen molar-refractivity contribution in [2.75, 3.05) is 30.8 Å². The number of hydrogen-bond acceptors (Lipinski definition) is 3. The summed E-state index contributed by atoms with van der Waals surface area (Å²) in [6.45, 7) is 8.27. The standard InChI is InChI=1S/C24H31N3O2/c1-24(2,3)19-12-10-17(11-13-19)22(28)25-20-8-5-9-21(15-20)26-23(29)18-7-6-14-27(4)16-18/h5,8-13,15,18H,6-7,14,16H2,1-4H3,(H,25,28)(H,26,29)/t18-/m0/s1. The van der Waals surface area contributed by atoms with Crippen LogP contribution in [0.3, 0.4) is 0 Å². The summed E-state index contributed by atoms with van der Waals surface area (Å²) >= 11 is 0. The first-order valence-corrected chi connectivity index (χ1v) is 10.2. The molecule has 5 nitrogen and oxygen atoms in total. The molecular formula is C24H31N3O2. The van der Waals surface area contributed by atoms with Gasteiger partial charge in [-0.25, -0.2) is 0 Å². The van der Waals surface area contributed by atoms with Crippen molar-refractivity contribution in [1.82, 2.24) is 4.90 Å². The van der Waals surface area contributed by atoms with Crippen LogP contribution >= 0.6 is 0 Å². The molecule has 0 spiro atoms. The largest absolute Gasteiger partial charge is 0.326 e. The first kappa shape index (κ1) is 21.1. The maximum Gasteiger partial charge on any atom is 0.255 e. The summed E-state index contributed by atoms with van der Waals surface area (Å²) in [4.78, 5) is 27.3. The van der Waals surface area contributed by atoms with Crippen LogP contribution in [0.25, 0.3) is 0 Å². The van der Waals surface area contributed by atoms with Crippen molar-refractivity contribution >= 4 is 23.2 Å². The molecule has 29 heavy (non-hydrogen) atoms. The second kappa shape index (κ2) is 8.78. The molecule has 0 aliphatic carbocycles. The number of likely N-dealkylation sites (tertiary alicyclic amines) is 1. The van der Waals surface area contributed by atoms with E-state index in [1.54, 1.807) is 6.07 Å². The van der Waals surface area contributed by atoms with Crippen LogP contribution in [0.1, 0.15) is 49.5 Å². The fourth-order valence-corrected chi connectivity index (χ4v) is 3.62. The summed E-state index contributed by atoms with van der Waals surface area (Å²) in [5, 5.41) is 5.91. The quantitative estimate of drug-likeness (QED) is 0.803. The SMILES string of the molecule is CN1CCC[C@H](C(=O)Nc2cccc(NC(=O)c3ccc(C(C)(C)C)cc3)c2)C1. The number of amides is 2. The highest BCUT2D eigenvalue weighted by molar-refractivity contribution is 6.04. The summed E-state index contributed by atoms with van der Waals surface area (Å²) < 4.78 is 0. The molecule has 1 aliphatic rings. The van der Waals surface area contributed by atoms with E-state index in [4.69, 9.17) is 0 Å². The lowest BCUT2D eigenvalue weighted by Gasteiger charge is -2.28. The van der Waals surface area contributed by atoms with Gasteiger partial charge >= 0.3 is 0 Å². The first-order valence-electron chi connectivity index (χ1n) is 10.2. The van der Waals surface area contributed by atoms with Crippen LogP contribution in [0.5, 0.6) is 0 Å². The predicted molar refractivity (Wildman–Crippen MR) is 118 cm³/mol. The average molecular weight is 394 g/mol. The average Bonchev–Trinajstić information content (AvgIpc) is 2.67. The Morgan fingerprint density at radius 3 is 2.28 bits per heavy atom. The predicted octanol–water partition coefficient (Wildman–Crippen LogP) is 4.52. The highest BCUT2D eigenvalue weighted by atomic mass is 16.2. The maximum atomic E-state index is 12.6. The second-order valence-corrected chi connectivity index (χ2v) is 8.95. The number of nitrogens with zero attached hydrogens (tertiary/aromatic N) is 1. The first-order chi connectivity index (χ1) is 13.7. The Morgan fingerprint density at radius 2 is 1.66 bits per heavy atom. The third-order valence-electron chi connectivity index (χ3n) is 5.40. The van der Waals surface area contributed by atoms with E-state index in [0.29, 0.717) is 16.9 Å². The molecule has 2 aromatic carbocycles. The van der Waals surface area contributed by atoms with Gasteiger partial charge in [0.2, 0.25) is 5.91 Å². The lowest BCUT2D eigenvalue weighted by Crippen LogP contribution is -2.38. The molecule has 0 aromatic heterocycles. The zero-order valence-electron chi connectivity index (χ0n) is 17.8. The number of anilines is 2. The summed E-state index contributed by atoms with van der Waals surface area (Å²) in [6.07, 6.45) is 1.95. The minimum absolute atomic E-state index is 0.00771. The Hall–Kier alpha value is -2.66. The van der Waals surface area contributed by atoms with Crippen LogP contribution in [0.4, 0.5) is 11.4 Å². The number of nitrogens with one attached hydrogen (secondary N) is 2. The van der Waals surface area contributed by atoms with Crippen LogP contribution in [-0.4, -0.2) is 36.9 Å². The van der Waals surface area contributed by atoms with Crippen molar-refractivity contribution in [3.63, 3.8) is 0 Å². The fraction of sp³-hybridized carbons (Fsp3) is 0.417. The zero-order chi connectivity index (χ0) is 21.0. The van der Waals surface area contributed by atoms with Gasteiger partial charge in [0.25, 0.3) is 5.91 Å². The van der Waals surface area contributed by atoms with Crippen LogP contribution in [0.2, 0.25) is 0 Å². The summed E-state index contributed by atoms with van der Waals surface area (Å²) in [5.41, 5.74) is 3.21. The fourth-order valence-electron chi connectivity index (χ4n) is 3.62. The van der Waals surface area contributed by atoms with Gasteiger partial charge in [-0.15, -0.1) is 0 Å². The number of rotatable bonds is 4. The van der Waals surface area contributed by atoms with Gasteiger partial charge in [-0.2, -0.15) is 0 Å². The van der Waals surface area contributed by atoms with Crippen LogP contribution in [0.15, 0.2) is 48.5 Å². The van der Waals surface area contributed by atoms with Crippen molar-refractivity contribution in [2.24, 2.45) is 5.92 Å². The molecule has 1 heterocycles. The number of carbonyl (C=O) groups excluding carboxylic acids is 2. The van der Waals surface area contributed by atoms with Gasteiger partial charge in [0, 0.05) is 23.5 Å². The molecule has 3 rings (SSSR count). The highest BCUT2D eigenvalue weighted by Crippen LogP contribution is 2.23. The molecule has 2 aromatic rings.